The lowest BCUT2D eigenvalue weighted by molar-refractivity contribution is -0.0884. The summed E-state index contributed by atoms with van der Waals surface area (Å²) in [6.45, 7) is 2.90. The molecule has 1 saturated heterocycles. The van der Waals surface area contributed by atoms with Crippen molar-refractivity contribution in [3.63, 3.8) is 0 Å². The molecule has 0 aliphatic carbocycles. The highest BCUT2D eigenvalue weighted by molar-refractivity contribution is 6.42. The largest absolute Gasteiger partial charge is 0.374 e. The fraction of sp³-hybridized carbons (Fsp3) is 0.571. The molecule has 106 valence electrons. The van der Waals surface area contributed by atoms with Crippen LogP contribution < -0.4 is 11.3 Å². The van der Waals surface area contributed by atoms with Gasteiger partial charge in [0.05, 0.1) is 21.7 Å². The van der Waals surface area contributed by atoms with Crippen molar-refractivity contribution in [1.29, 1.82) is 0 Å². The van der Waals surface area contributed by atoms with Crippen molar-refractivity contribution in [3.8, 4) is 0 Å². The molecule has 1 aromatic rings. The molecule has 0 radical (unpaired) electrons. The molecule has 2 atom stereocenters. The minimum absolute atomic E-state index is 0.0174. The highest BCUT2D eigenvalue weighted by Gasteiger charge is 2.36. The van der Waals surface area contributed by atoms with Crippen LogP contribution in [0.5, 0.6) is 0 Å². The molecule has 3 N–H and O–H groups in total. The highest BCUT2D eigenvalue weighted by atomic mass is 35.5. The molecule has 0 saturated carbocycles. The zero-order valence-corrected chi connectivity index (χ0v) is 12.6. The predicted octanol–water partition coefficient (Wildman–Crippen LogP) is 3.33. The summed E-state index contributed by atoms with van der Waals surface area (Å²) in [4.78, 5) is 0. The number of benzene rings is 1. The van der Waals surface area contributed by atoms with Gasteiger partial charge in [0, 0.05) is 6.61 Å². The summed E-state index contributed by atoms with van der Waals surface area (Å²) in [5, 5.41) is 1.17. The molecule has 2 rings (SSSR count). The van der Waals surface area contributed by atoms with Gasteiger partial charge in [-0.05, 0) is 44.2 Å². The summed E-state index contributed by atoms with van der Waals surface area (Å²) in [6.07, 6.45) is 3.98. The van der Waals surface area contributed by atoms with Gasteiger partial charge < -0.3 is 4.74 Å². The lowest BCUT2D eigenvalue weighted by Crippen LogP contribution is -2.55. The Hall–Kier alpha value is -0.320. The topological polar surface area (TPSA) is 47.3 Å². The first kappa shape index (κ1) is 15.1. The molecule has 0 amide bonds. The monoisotopic (exact) mass is 302 g/mol. The number of nitrogens with two attached hydrogens (primary N) is 1. The first-order chi connectivity index (χ1) is 9.07. The van der Waals surface area contributed by atoms with Crippen molar-refractivity contribution in [2.24, 2.45) is 5.84 Å². The zero-order valence-electron chi connectivity index (χ0n) is 11.1. The van der Waals surface area contributed by atoms with Crippen LogP contribution in [-0.4, -0.2) is 18.2 Å². The normalized spacial score (nSPS) is 25.3. The lowest BCUT2D eigenvalue weighted by atomic mass is 9.85. The Bertz CT molecular complexity index is 433. The summed E-state index contributed by atoms with van der Waals surface area (Å²) in [5.41, 5.74) is 3.62. The van der Waals surface area contributed by atoms with E-state index >= 15 is 0 Å². The van der Waals surface area contributed by atoms with Crippen LogP contribution >= 0.6 is 23.2 Å². The lowest BCUT2D eigenvalue weighted by Gasteiger charge is -2.40. The molecule has 19 heavy (non-hydrogen) atoms. The van der Waals surface area contributed by atoms with Crippen LogP contribution in [0, 0.1) is 0 Å². The minimum atomic E-state index is -0.251. The van der Waals surface area contributed by atoms with Crippen molar-refractivity contribution in [1.82, 2.24) is 5.43 Å². The standard InChI is InChI=1S/C14H20Cl2N2O/c1-14(7-2-3-8-19-14)12(18-17)9-10-5-4-6-11(15)13(10)16/h4-6,12,18H,2-3,7-9,17H2,1H3. The van der Waals surface area contributed by atoms with Gasteiger partial charge in [0.2, 0.25) is 0 Å². The van der Waals surface area contributed by atoms with Crippen LogP contribution in [0.1, 0.15) is 31.7 Å². The summed E-state index contributed by atoms with van der Waals surface area (Å²) in [6, 6.07) is 5.69. The molecule has 1 aliphatic heterocycles. The van der Waals surface area contributed by atoms with Gasteiger partial charge in [0.15, 0.2) is 0 Å². The van der Waals surface area contributed by atoms with Crippen LogP contribution in [-0.2, 0) is 11.2 Å². The summed E-state index contributed by atoms with van der Waals surface area (Å²) in [7, 11) is 0. The van der Waals surface area contributed by atoms with Gasteiger partial charge in [-0.25, -0.2) is 0 Å². The first-order valence-corrected chi connectivity index (χ1v) is 7.35. The third kappa shape index (κ3) is 3.41. The molecule has 2 unspecified atom stereocenters. The van der Waals surface area contributed by atoms with Gasteiger partial charge in [0.25, 0.3) is 0 Å². The Morgan fingerprint density at radius 2 is 2.21 bits per heavy atom. The zero-order chi connectivity index (χ0) is 13.9. The van der Waals surface area contributed by atoms with Crippen molar-refractivity contribution < 1.29 is 4.74 Å². The maximum absolute atomic E-state index is 6.24. The molecule has 1 heterocycles. The third-order valence-corrected chi connectivity index (χ3v) is 4.75. The second kappa shape index (κ2) is 6.42. The molecular formula is C14H20Cl2N2O. The van der Waals surface area contributed by atoms with Crippen LogP contribution in [0.25, 0.3) is 0 Å². The van der Waals surface area contributed by atoms with Crippen LogP contribution in [0.2, 0.25) is 10.0 Å². The molecule has 0 spiro atoms. The van der Waals surface area contributed by atoms with Gasteiger partial charge in [-0.1, -0.05) is 35.3 Å². The second-order valence-corrected chi connectivity index (χ2v) is 6.04. The van der Waals surface area contributed by atoms with Crippen molar-refractivity contribution >= 4 is 23.2 Å². The summed E-state index contributed by atoms with van der Waals surface area (Å²) in [5.74, 6) is 5.72. The van der Waals surface area contributed by atoms with Gasteiger partial charge in [-0.3, -0.25) is 11.3 Å². The van der Waals surface area contributed by atoms with Gasteiger partial charge >= 0.3 is 0 Å². The Labute approximate surface area is 124 Å². The van der Waals surface area contributed by atoms with Crippen molar-refractivity contribution in [2.75, 3.05) is 6.61 Å². The number of nitrogens with one attached hydrogen (secondary N) is 1. The minimum Gasteiger partial charge on any atom is -0.374 e. The van der Waals surface area contributed by atoms with Crippen LogP contribution in [0.3, 0.4) is 0 Å². The summed E-state index contributed by atoms with van der Waals surface area (Å²) >= 11 is 12.3. The Morgan fingerprint density at radius 3 is 2.84 bits per heavy atom. The van der Waals surface area contributed by atoms with E-state index in [1.807, 2.05) is 12.1 Å². The molecule has 0 aromatic heterocycles. The first-order valence-electron chi connectivity index (χ1n) is 6.60. The van der Waals surface area contributed by atoms with E-state index in [2.05, 4.69) is 12.3 Å². The Kier molecular flexibility index (Phi) is 5.09. The maximum Gasteiger partial charge on any atom is 0.0823 e. The van der Waals surface area contributed by atoms with E-state index in [0.29, 0.717) is 16.5 Å². The van der Waals surface area contributed by atoms with E-state index in [1.165, 1.54) is 0 Å². The second-order valence-electron chi connectivity index (χ2n) is 5.25. The molecule has 0 bridgehead atoms. The van der Waals surface area contributed by atoms with Gasteiger partial charge in [-0.15, -0.1) is 0 Å². The Morgan fingerprint density at radius 1 is 1.42 bits per heavy atom. The molecule has 3 nitrogen and oxygen atoms in total. The smallest absolute Gasteiger partial charge is 0.0823 e. The van der Waals surface area contributed by atoms with E-state index < -0.39 is 0 Å². The highest BCUT2D eigenvalue weighted by Crippen LogP contribution is 2.32. The number of hydrazine groups is 1. The van der Waals surface area contributed by atoms with Crippen molar-refractivity contribution in [3.05, 3.63) is 33.8 Å². The van der Waals surface area contributed by atoms with Crippen molar-refractivity contribution in [2.45, 2.75) is 44.2 Å². The number of halogens is 2. The molecular weight excluding hydrogens is 283 g/mol. The molecule has 5 heteroatoms. The molecule has 1 fully saturated rings. The van der Waals surface area contributed by atoms with Crippen LogP contribution in [0.15, 0.2) is 18.2 Å². The molecule has 1 aliphatic rings. The fourth-order valence-electron chi connectivity index (χ4n) is 2.61. The number of ether oxygens (including phenoxy) is 1. The van der Waals surface area contributed by atoms with E-state index in [4.69, 9.17) is 33.8 Å². The SMILES string of the molecule is CC1(C(Cc2cccc(Cl)c2Cl)NN)CCCCO1. The third-order valence-electron chi connectivity index (χ3n) is 3.89. The van der Waals surface area contributed by atoms with E-state index in [9.17, 15) is 0 Å². The van der Waals surface area contributed by atoms with E-state index in [0.717, 1.165) is 31.4 Å². The average Bonchev–Trinajstić information content (AvgIpc) is 2.41. The fourth-order valence-corrected chi connectivity index (χ4v) is 3.00. The summed E-state index contributed by atoms with van der Waals surface area (Å²) < 4.78 is 5.94. The number of hydrogen-bond acceptors (Lipinski definition) is 3. The predicted molar refractivity (Wildman–Crippen MR) is 79.5 cm³/mol. The van der Waals surface area contributed by atoms with E-state index in [1.54, 1.807) is 6.07 Å². The van der Waals surface area contributed by atoms with Crippen LogP contribution in [0.4, 0.5) is 0 Å². The van der Waals surface area contributed by atoms with E-state index in [-0.39, 0.29) is 11.6 Å². The van der Waals surface area contributed by atoms with Gasteiger partial charge in [-0.2, -0.15) is 0 Å². The molecule has 1 aromatic carbocycles. The number of rotatable bonds is 4. The maximum atomic E-state index is 6.24. The average molecular weight is 303 g/mol. The Balaban J connectivity index is 2.16. The van der Waals surface area contributed by atoms with Gasteiger partial charge in [0.1, 0.15) is 0 Å². The number of hydrogen-bond donors (Lipinski definition) is 2. The quantitative estimate of drug-likeness (QED) is 0.662.